The second-order valence-electron chi connectivity index (χ2n) is 5.35. The first-order valence-corrected chi connectivity index (χ1v) is 6.61. The lowest BCUT2D eigenvalue weighted by molar-refractivity contribution is 0.340. The van der Waals surface area contributed by atoms with E-state index in [9.17, 15) is 0 Å². The quantitative estimate of drug-likeness (QED) is 0.890. The second kappa shape index (κ2) is 5.61. The summed E-state index contributed by atoms with van der Waals surface area (Å²) in [6.07, 6.45) is 2.22. The van der Waals surface area contributed by atoms with Crippen LogP contribution in [0, 0.1) is 5.92 Å². The van der Waals surface area contributed by atoms with Gasteiger partial charge in [-0.15, -0.1) is 0 Å². The Kier molecular flexibility index (Phi) is 4.12. The van der Waals surface area contributed by atoms with Gasteiger partial charge in [-0.05, 0) is 30.4 Å². The Balaban J connectivity index is 2.28. The number of rotatable bonds is 4. The summed E-state index contributed by atoms with van der Waals surface area (Å²) < 4.78 is 10.9. The van der Waals surface area contributed by atoms with E-state index in [1.807, 2.05) is 6.07 Å². The Morgan fingerprint density at radius 2 is 2.06 bits per heavy atom. The zero-order chi connectivity index (χ0) is 13.1. The molecule has 0 spiro atoms. The van der Waals surface area contributed by atoms with Crippen LogP contribution in [0.2, 0.25) is 0 Å². The molecule has 0 amide bonds. The van der Waals surface area contributed by atoms with Crippen molar-refractivity contribution < 1.29 is 9.47 Å². The normalized spacial score (nSPS) is 18.6. The van der Waals surface area contributed by atoms with E-state index < -0.39 is 0 Å². The highest BCUT2D eigenvalue weighted by atomic mass is 16.5. The number of fused-ring (bicyclic) bond motifs is 1. The molecule has 3 nitrogen and oxygen atoms in total. The van der Waals surface area contributed by atoms with Gasteiger partial charge in [-0.2, -0.15) is 0 Å². The van der Waals surface area contributed by atoms with Crippen molar-refractivity contribution in [3.8, 4) is 11.5 Å². The van der Waals surface area contributed by atoms with Gasteiger partial charge in [-0.3, -0.25) is 0 Å². The van der Waals surface area contributed by atoms with E-state index in [0.717, 1.165) is 24.5 Å². The summed E-state index contributed by atoms with van der Waals surface area (Å²) in [6.45, 7) is 5.45. The lowest BCUT2D eigenvalue weighted by Crippen LogP contribution is -2.36. The van der Waals surface area contributed by atoms with Gasteiger partial charge in [0.2, 0.25) is 0 Å². The number of methoxy groups -OCH3 is 2. The first kappa shape index (κ1) is 13.2. The number of ether oxygens (including phenoxy) is 2. The first-order chi connectivity index (χ1) is 8.65. The first-order valence-electron chi connectivity index (χ1n) is 6.61. The third-order valence-corrected chi connectivity index (χ3v) is 3.53. The minimum absolute atomic E-state index is 0.540. The molecule has 100 valence electrons. The van der Waals surface area contributed by atoms with Crippen LogP contribution in [0.5, 0.6) is 11.5 Å². The Morgan fingerprint density at radius 3 is 2.67 bits per heavy atom. The molecule has 1 aliphatic rings. The van der Waals surface area contributed by atoms with Crippen molar-refractivity contribution in [3.05, 3.63) is 23.3 Å². The van der Waals surface area contributed by atoms with E-state index in [2.05, 4.69) is 25.2 Å². The summed E-state index contributed by atoms with van der Waals surface area (Å²) in [5.41, 5.74) is 2.63. The van der Waals surface area contributed by atoms with Crippen molar-refractivity contribution in [3.63, 3.8) is 0 Å². The topological polar surface area (TPSA) is 30.5 Å². The van der Waals surface area contributed by atoms with Crippen molar-refractivity contribution in [2.45, 2.75) is 39.3 Å². The van der Waals surface area contributed by atoms with Gasteiger partial charge < -0.3 is 14.8 Å². The van der Waals surface area contributed by atoms with Crippen LogP contribution < -0.4 is 14.8 Å². The van der Waals surface area contributed by atoms with E-state index >= 15 is 0 Å². The fourth-order valence-corrected chi connectivity index (χ4v) is 2.73. The standard InChI is InChI=1S/C15H23NO2/c1-10(2)7-12-8-13-11(9-16-12)5-6-14(17-3)15(13)18-4/h5-6,10,12,16H,7-9H2,1-4H3. The molecule has 0 saturated heterocycles. The summed E-state index contributed by atoms with van der Waals surface area (Å²) in [7, 11) is 3.41. The fourth-order valence-electron chi connectivity index (χ4n) is 2.73. The highest BCUT2D eigenvalue weighted by Gasteiger charge is 2.23. The monoisotopic (exact) mass is 249 g/mol. The molecule has 0 aromatic heterocycles. The lowest BCUT2D eigenvalue weighted by atomic mass is 9.90. The Bertz CT molecular complexity index is 415. The van der Waals surface area contributed by atoms with Crippen molar-refractivity contribution in [2.75, 3.05) is 14.2 Å². The zero-order valence-corrected chi connectivity index (χ0v) is 11.7. The van der Waals surface area contributed by atoms with Gasteiger partial charge in [0.05, 0.1) is 14.2 Å². The van der Waals surface area contributed by atoms with Gasteiger partial charge in [-0.1, -0.05) is 19.9 Å². The summed E-state index contributed by atoms with van der Waals surface area (Å²) in [5, 5.41) is 3.60. The van der Waals surface area contributed by atoms with Gasteiger partial charge in [0.25, 0.3) is 0 Å². The molecule has 1 aliphatic heterocycles. The zero-order valence-electron chi connectivity index (χ0n) is 11.7. The maximum atomic E-state index is 5.54. The van der Waals surface area contributed by atoms with Gasteiger partial charge in [0, 0.05) is 18.2 Å². The molecular formula is C15H23NO2. The van der Waals surface area contributed by atoms with Crippen LogP contribution in [-0.4, -0.2) is 20.3 Å². The third-order valence-electron chi connectivity index (χ3n) is 3.53. The van der Waals surface area contributed by atoms with Gasteiger partial charge >= 0.3 is 0 Å². The van der Waals surface area contributed by atoms with E-state index in [4.69, 9.17) is 9.47 Å². The van der Waals surface area contributed by atoms with Crippen LogP contribution in [0.15, 0.2) is 12.1 Å². The molecule has 0 bridgehead atoms. The lowest BCUT2D eigenvalue weighted by Gasteiger charge is -2.29. The number of nitrogens with one attached hydrogen (secondary N) is 1. The van der Waals surface area contributed by atoms with E-state index in [1.165, 1.54) is 17.5 Å². The summed E-state index contributed by atoms with van der Waals surface area (Å²) in [6, 6.07) is 4.66. The Hall–Kier alpha value is -1.22. The molecule has 1 heterocycles. The van der Waals surface area contributed by atoms with E-state index in [1.54, 1.807) is 14.2 Å². The molecule has 1 aromatic rings. The Labute approximate surface area is 109 Å². The van der Waals surface area contributed by atoms with Gasteiger partial charge in [0.15, 0.2) is 11.5 Å². The van der Waals surface area contributed by atoms with Crippen LogP contribution in [0.4, 0.5) is 0 Å². The smallest absolute Gasteiger partial charge is 0.164 e. The number of hydrogen-bond acceptors (Lipinski definition) is 3. The van der Waals surface area contributed by atoms with Crippen LogP contribution in [0.1, 0.15) is 31.4 Å². The minimum atomic E-state index is 0.540. The summed E-state index contributed by atoms with van der Waals surface area (Å²) >= 11 is 0. The maximum Gasteiger partial charge on any atom is 0.164 e. The average molecular weight is 249 g/mol. The van der Waals surface area contributed by atoms with E-state index in [-0.39, 0.29) is 0 Å². The van der Waals surface area contributed by atoms with E-state index in [0.29, 0.717) is 12.0 Å². The highest BCUT2D eigenvalue weighted by Crippen LogP contribution is 2.36. The molecular weight excluding hydrogens is 226 g/mol. The number of hydrogen-bond donors (Lipinski definition) is 1. The molecule has 1 atom stereocenters. The van der Waals surface area contributed by atoms with Gasteiger partial charge in [0.1, 0.15) is 0 Å². The number of benzene rings is 1. The Morgan fingerprint density at radius 1 is 1.28 bits per heavy atom. The molecule has 3 heteroatoms. The van der Waals surface area contributed by atoms with Crippen molar-refractivity contribution in [1.29, 1.82) is 0 Å². The second-order valence-corrected chi connectivity index (χ2v) is 5.35. The van der Waals surface area contributed by atoms with Crippen molar-refractivity contribution >= 4 is 0 Å². The molecule has 1 unspecified atom stereocenters. The minimum Gasteiger partial charge on any atom is -0.493 e. The third kappa shape index (κ3) is 2.61. The predicted octanol–water partition coefficient (Wildman–Crippen LogP) is 2.76. The highest BCUT2D eigenvalue weighted by molar-refractivity contribution is 5.52. The molecule has 18 heavy (non-hydrogen) atoms. The molecule has 0 saturated carbocycles. The predicted molar refractivity (Wildman–Crippen MR) is 73.3 cm³/mol. The molecule has 2 rings (SSSR count). The molecule has 0 fully saturated rings. The molecule has 1 aromatic carbocycles. The van der Waals surface area contributed by atoms with Crippen LogP contribution in [0.3, 0.4) is 0 Å². The molecule has 1 N–H and O–H groups in total. The van der Waals surface area contributed by atoms with Crippen LogP contribution in [-0.2, 0) is 13.0 Å². The fraction of sp³-hybridized carbons (Fsp3) is 0.600. The van der Waals surface area contributed by atoms with Crippen LogP contribution in [0.25, 0.3) is 0 Å². The average Bonchev–Trinajstić information content (AvgIpc) is 2.36. The summed E-state index contributed by atoms with van der Waals surface area (Å²) in [5.74, 6) is 2.45. The van der Waals surface area contributed by atoms with Crippen molar-refractivity contribution in [2.24, 2.45) is 5.92 Å². The SMILES string of the molecule is COc1ccc2c(c1OC)CC(CC(C)C)NC2. The van der Waals surface area contributed by atoms with Crippen LogP contribution >= 0.6 is 0 Å². The molecule has 0 aliphatic carbocycles. The van der Waals surface area contributed by atoms with Gasteiger partial charge in [-0.25, -0.2) is 0 Å². The summed E-state index contributed by atoms with van der Waals surface area (Å²) in [4.78, 5) is 0. The van der Waals surface area contributed by atoms with Crippen molar-refractivity contribution in [1.82, 2.24) is 5.32 Å². The maximum absolute atomic E-state index is 5.54. The largest absolute Gasteiger partial charge is 0.493 e. The molecule has 0 radical (unpaired) electrons.